The highest BCUT2D eigenvalue weighted by molar-refractivity contribution is 7.08. The summed E-state index contributed by atoms with van der Waals surface area (Å²) in [5, 5.41) is 14.5. The van der Waals surface area contributed by atoms with Crippen molar-refractivity contribution in [3.8, 4) is 22.6 Å². The molecule has 0 saturated heterocycles. The van der Waals surface area contributed by atoms with Gasteiger partial charge in [-0.25, -0.2) is 0 Å². The zero-order valence-corrected chi connectivity index (χ0v) is 15.9. The van der Waals surface area contributed by atoms with Crippen LogP contribution in [0.15, 0.2) is 57.7 Å². The standard InChI is InChI=1S/C19H16N6O3S/c26-16(6-7-17-20-18(25-28-17)13-8-9-29-11-13)23-24-19(27)15-10-14(21-22-15)12-4-2-1-3-5-12/h1-5,8-11H,6-7H2,(H,21,22)(H,23,26)(H,24,27). The van der Waals surface area contributed by atoms with Gasteiger partial charge in [0.1, 0.15) is 5.69 Å². The quantitative estimate of drug-likeness (QED) is 0.421. The van der Waals surface area contributed by atoms with Gasteiger partial charge in [-0.15, -0.1) is 0 Å². The van der Waals surface area contributed by atoms with Crippen LogP contribution in [0.25, 0.3) is 22.6 Å². The number of aromatic amines is 1. The molecule has 0 spiro atoms. The molecule has 9 nitrogen and oxygen atoms in total. The van der Waals surface area contributed by atoms with Gasteiger partial charge in [0, 0.05) is 29.3 Å². The fourth-order valence-corrected chi connectivity index (χ4v) is 3.17. The largest absolute Gasteiger partial charge is 0.339 e. The van der Waals surface area contributed by atoms with Crippen LogP contribution in [0.1, 0.15) is 22.8 Å². The normalized spacial score (nSPS) is 10.6. The first-order chi connectivity index (χ1) is 14.2. The number of hydrazine groups is 1. The van der Waals surface area contributed by atoms with E-state index in [1.54, 1.807) is 6.07 Å². The van der Waals surface area contributed by atoms with Crippen LogP contribution in [-0.2, 0) is 11.2 Å². The molecule has 0 unspecified atom stereocenters. The van der Waals surface area contributed by atoms with Gasteiger partial charge >= 0.3 is 0 Å². The number of nitrogens with one attached hydrogen (secondary N) is 3. The Morgan fingerprint density at radius 1 is 1.10 bits per heavy atom. The predicted octanol–water partition coefficient (Wildman–Crippen LogP) is 2.58. The third-order valence-corrected chi connectivity index (χ3v) is 4.70. The second kappa shape index (κ2) is 8.48. The van der Waals surface area contributed by atoms with Crippen LogP contribution in [0, 0.1) is 0 Å². The van der Waals surface area contributed by atoms with Crippen LogP contribution in [0.4, 0.5) is 0 Å². The molecule has 3 heterocycles. The van der Waals surface area contributed by atoms with Crippen LogP contribution >= 0.6 is 11.3 Å². The molecule has 0 saturated carbocycles. The molecule has 2 amide bonds. The van der Waals surface area contributed by atoms with Gasteiger partial charge in [-0.2, -0.15) is 21.4 Å². The van der Waals surface area contributed by atoms with Crippen molar-refractivity contribution in [2.75, 3.05) is 0 Å². The van der Waals surface area contributed by atoms with E-state index in [-0.39, 0.29) is 24.4 Å². The first kappa shape index (κ1) is 18.6. The maximum Gasteiger partial charge on any atom is 0.287 e. The van der Waals surface area contributed by atoms with Gasteiger partial charge in [0.2, 0.25) is 17.6 Å². The molecular weight excluding hydrogens is 392 g/mol. The first-order valence-corrected chi connectivity index (χ1v) is 9.68. The fourth-order valence-electron chi connectivity index (χ4n) is 2.54. The number of benzene rings is 1. The Morgan fingerprint density at radius 2 is 1.97 bits per heavy atom. The number of thiophene rings is 1. The lowest BCUT2D eigenvalue weighted by atomic mass is 10.1. The Bertz CT molecular complexity index is 1100. The molecular formula is C19H16N6O3S. The SMILES string of the molecule is O=C(CCc1nc(-c2ccsc2)no1)NNC(=O)c1cc(-c2ccccc2)n[nH]1. The van der Waals surface area contributed by atoms with Crippen molar-refractivity contribution < 1.29 is 14.1 Å². The molecule has 3 aromatic heterocycles. The summed E-state index contributed by atoms with van der Waals surface area (Å²) in [6.07, 6.45) is 0.352. The zero-order chi connectivity index (χ0) is 20.1. The molecule has 146 valence electrons. The second-order valence-corrected chi connectivity index (χ2v) is 6.84. The molecule has 0 radical (unpaired) electrons. The van der Waals surface area contributed by atoms with E-state index in [0.29, 0.717) is 17.4 Å². The molecule has 0 bridgehead atoms. The summed E-state index contributed by atoms with van der Waals surface area (Å²) in [6.45, 7) is 0. The smallest absolute Gasteiger partial charge is 0.287 e. The van der Waals surface area contributed by atoms with Crippen LogP contribution < -0.4 is 10.9 Å². The minimum atomic E-state index is -0.495. The number of rotatable bonds is 6. The van der Waals surface area contributed by atoms with E-state index < -0.39 is 5.91 Å². The molecule has 0 aliphatic carbocycles. The van der Waals surface area contributed by atoms with Crippen LogP contribution in [0.3, 0.4) is 0 Å². The molecule has 29 heavy (non-hydrogen) atoms. The van der Waals surface area contributed by atoms with Crippen molar-refractivity contribution >= 4 is 23.2 Å². The third-order valence-electron chi connectivity index (χ3n) is 4.02. The summed E-state index contributed by atoms with van der Waals surface area (Å²) in [5.74, 6) is -0.0285. The van der Waals surface area contributed by atoms with Gasteiger partial charge in [0.15, 0.2) is 0 Å². The van der Waals surface area contributed by atoms with Crippen molar-refractivity contribution in [2.45, 2.75) is 12.8 Å². The van der Waals surface area contributed by atoms with Crippen molar-refractivity contribution in [1.82, 2.24) is 31.2 Å². The Hall–Kier alpha value is -3.79. The van der Waals surface area contributed by atoms with Crippen molar-refractivity contribution in [1.29, 1.82) is 0 Å². The second-order valence-electron chi connectivity index (χ2n) is 6.06. The maximum atomic E-state index is 12.2. The van der Waals surface area contributed by atoms with E-state index in [9.17, 15) is 9.59 Å². The molecule has 1 aromatic carbocycles. The van der Waals surface area contributed by atoms with E-state index in [2.05, 4.69) is 31.2 Å². The van der Waals surface area contributed by atoms with Crippen LogP contribution in [0.2, 0.25) is 0 Å². The molecule has 0 aliphatic heterocycles. The Morgan fingerprint density at radius 3 is 2.76 bits per heavy atom. The van der Waals surface area contributed by atoms with Gasteiger partial charge in [-0.3, -0.25) is 25.5 Å². The highest BCUT2D eigenvalue weighted by Gasteiger charge is 2.14. The topological polar surface area (TPSA) is 126 Å². The first-order valence-electron chi connectivity index (χ1n) is 8.74. The Balaban J connectivity index is 1.25. The van der Waals surface area contributed by atoms with E-state index in [1.165, 1.54) is 11.3 Å². The zero-order valence-electron chi connectivity index (χ0n) is 15.1. The molecule has 0 fully saturated rings. The van der Waals surface area contributed by atoms with Crippen molar-refractivity contribution in [3.63, 3.8) is 0 Å². The van der Waals surface area contributed by atoms with Crippen molar-refractivity contribution in [3.05, 3.63) is 64.8 Å². The van der Waals surface area contributed by atoms with E-state index >= 15 is 0 Å². The van der Waals surface area contributed by atoms with Gasteiger partial charge in [0.25, 0.3) is 5.91 Å². The van der Waals surface area contributed by atoms with E-state index in [4.69, 9.17) is 4.52 Å². The number of nitrogens with zero attached hydrogens (tertiary/aromatic N) is 3. The monoisotopic (exact) mass is 408 g/mol. The number of aromatic nitrogens is 4. The van der Waals surface area contributed by atoms with Gasteiger partial charge < -0.3 is 4.52 Å². The average molecular weight is 408 g/mol. The molecule has 0 aliphatic rings. The predicted molar refractivity (Wildman–Crippen MR) is 106 cm³/mol. The van der Waals surface area contributed by atoms with E-state index in [1.807, 2.05) is 47.2 Å². The molecule has 3 N–H and O–H groups in total. The van der Waals surface area contributed by atoms with Crippen LogP contribution in [-0.4, -0.2) is 32.2 Å². The Kier molecular flexibility index (Phi) is 5.43. The van der Waals surface area contributed by atoms with Gasteiger partial charge in [0.05, 0.1) is 5.69 Å². The summed E-state index contributed by atoms with van der Waals surface area (Å²) >= 11 is 1.54. The number of amides is 2. The number of hydrogen-bond acceptors (Lipinski definition) is 7. The lowest BCUT2D eigenvalue weighted by Gasteiger charge is -2.04. The maximum absolute atomic E-state index is 12.2. The van der Waals surface area contributed by atoms with Crippen molar-refractivity contribution in [2.24, 2.45) is 0 Å². The minimum absolute atomic E-state index is 0.0871. The average Bonchev–Trinajstić information content (AvgIpc) is 3.52. The van der Waals surface area contributed by atoms with Gasteiger partial charge in [-0.05, 0) is 17.5 Å². The van der Waals surface area contributed by atoms with E-state index in [0.717, 1.165) is 11.1 Å². The molecule has 10 heteroatoms. The van der Waals surface area contributed by atoms with Crippen LogP contribution in [0.5, 0.6) is 0 Å². The highest BCUT2D eigenvalue weighted by Crippen LogP contribution is 2.19. The summed E-state index contributed by atoms with van der Waals surface area (Å²) in [5.41, 5.74) is 7.34. The minimum Gasteiger partial charge on any atom is -0.339 e. The third kappa shape index (κ3) is 4.55. The molecule has 4 rings (SSSR count). The number of hydrogen-bond donors (Lipinski definition) is 3. The summed E-state index contributed by atoms with van der Waals surface area (Å²) in [6, 6.07) is 13.0. The summed E-state index contributed by atoms with van der Waals surface area (Å²) < 4.78 is 5.14. The Labute approximate surface area is 169 Å². The molecule has 4 aromatic rings. The number of H-pyrrole nitrogens is 1. The highest BCUT2D eigenvalue weighted by atomic mass is 32.1. The summed E-state index contributed by atoms with van der Waals surface area (Å²) in [7, 11) is 0. The lowest BCUT2D eigenvalue weighted by Crippen LogP contribution is -2.41. The number of carbonyl (C=O) groups is 2. The number of carbonyl (C=O) groups excluding carboxylic acids is 2. The lowest BCUT2D eigenvalue weighted by molar-refractivity contribution is -0.121. The number of aryl methyl sites for hydroxylation is 1. The molecule has 0 atom stereocenters. The summed E-state index contributed by atoms with van der Waals surface area (Å²) in [4.78, 5) is 28.4. The fraction of sp³-hybridized carbons (Fsp3) is 0.105. The van der Waals surface area contributed by atoms with Gasteiger partial charge in [-0.1, -0.05) is 35.5 Å².